The van der Waals surface area contributed by atoms with Crippen LogP contribution in [0.15, 0.2) is 18.2 Å². The van der Waals surface area contributed by atoms with Crippen LogP contribution in [0.3, 0.4) is 0 Å². The molecule has 0 radical (unpaired) electrons. The van der Waals surface area contributed by atoms with Crippen molar-refractivity contribution in [3.63, 3.8) is 0 Å². The monoisotopic (exact) mass is 256 g/mol. The summed E-state index contributed by atoms with van der Waals surface area (Å²) in [5.41, 5.74) is 5.40. The lowest BCUT2D eigenvalue weighted by molar-refractivity contribution is -0.118. The Morgan fingerprint density at radius 3 is 2.50 bits per heavy atom. The van der Waals surface area contributed by atoms with E-state index in [9.17, 15) is 13.6 Å². The number of rotatable bonds is 4. The number of nitrogens with two attached hydrogens (primary N) is 1. The molecule has 0 fully saturated rings. The van der Waals surface area contributed by atoms with Gasteiger partial charge in [-0.05, 0) is 32.4 Å². The van der Waals surface area contributed by atoms with E-state index in [1.54, 1.807) is 0 Å². The van der Waals surface area contributed by atoms with Gasteiger partial charge in [-0.2, -0.15) is 0 Å². The van der Waals surface area contributed by atoms with Crippen LogP contribution >= 0.6 is 0 Å². The number of anilines is 1. The maximum atomic E-state index is 13.5. The Morgan fingerprint density at radius 2 is 2.00 bits per heavy atom. The lowest BCUT2D eigenvalue weighted by atomic mass is 10.00. The predicted molar refractivity (Wildman–Crippen MR) is 67.3 cm³/mol. The van der Waals surface area contributed by atoms with Gasteiger partial charge in [0, 0.05) is 25.1 Å². The SMILES string of the molecule is CN(C(=O)CCC(C)(C)N)c1ccc(F)cc1F. The molecule has 3 nitrogen and oxygen atoms in total. The van der Waals surface area contributed by atoms with Gasteiger partial charge in [0.25, 0.3) is 0 Å². The molecule has 0 saturated carbocycles. The minimum atomic E-state index is -0.752. The Kier molecular flexibility index (Phi) is 4.40. The summed E-state index contributed by atoms with van der Waals surface area (Å²) in [4.78, 5) is 13.0. The van der Waals surface area contributed by atoms with Crippen molar-refractivity contribution in [1.82, 2.24) is 0 Å². The molecule has 1 rings (SSSR count). The normalized spacial score (nSPS) is 11.4. The van der Waals surface area contributed by atoms with Gasteiger partial charge >= 0.3 is 0 Å². The highest BCUT2D eigenvalue weighted by atomic mass is 19.1. The lowest BCUT2D eigenvalue weighted by Gasteiger charge is -2.22. The summed E-state index contributed by atoms with van der Waals surface area (Å²) >= 11 is 0. The molecule has 0 aliphatic carbocycles. The fourth-order valence-electron chi connectivity index (χ4n) is 1.48. The molecule has 18 heavy (non-hydrogen) atoms. The molecule has 0 aliphatic rings. The molecular formula is C13H18F2N2O. The van der Waals surface area contributed by atoms with Crippen molar-refractivity contribution in [2.24, 2.45) is 5.73 Å². The molecule has 2 N–H and O–H groups in total. The molecule has 0 atom stereocenters. The zero-order valence-corrected chi connectivity index (χ0v) is 10.8. The summed E-state index contributed by atoms with van der Waals surface area (Å²) in [6, 6.07) is 3.12. The number of carbonyl (C=O) groups is 1. The largest absolute Gasteiger partial charge is 0.326 e. The standard InChI is InChI=1S/C13H18F2N2O/c1-13(2,16)7-6-12(18)17(3)11-5-4-9(14)8-10(11)15/h4-5,8H,6-7,16H2,1-3H3. The van der Waals surface area contributed by atoms with Crippen LogP contribution in [0.2, 0.25) is 0 Å². The van der Waals surface area contributed by atoms with Crippen molar-refractivity contribution in [2.45, 2.75) is 32.2 Å². The highest BCUT2D eigenvalue weighted by Gasteiger charge is 2.18. The second-order valence-corrected chi connectivity index (χ2v) is 5.04. The average Bonchev–Trinajstić information content (AvgIpc) is 2.24. The Balaban J connectivity index is 2.74. The van der Waals surface area contributed by atoms with E-state index in [-0.39, 0.29) is 18.0 Å². The first kappa shape index (κ1) is 14.6. The Bertz CT molecular complexity index is 441. The fourth-order valence-corrected chi connectivity index (χ4v) is 1.48. The van der Waals surface area contributed by atoms with Crippen molar-refractivity contribution < 1.29 is 13.6 Å². The van der Waals surface area contributed by atoms with E-state index >= 15 is 0 Å². The number of halogens is 2. The smallest absolute Gasteiger partial charge is 0.226 e. The minimum absolute atomic E-state index is 0.0660. The van der Waals surface area contributed by atoms with Crippen LogP contribution in [0, 0.1) is 11.6 Å². The summed E-state index contributed by atoms with van der Waals surface area (Å²) in [6.07, 6.45) is 0.718. The van der Waals surface area contributed by atoms with E-state index in [0.29, 0.717) is 6.42 Å². The molecule has 1 aromatic carbocycles. The van der Waals surface area contributed by atoms with Crippen molar-refractivity contribution >= 4 is 11.6 Å². The van der Waals surface area contributed by atoms with E-state index in [1.165, 1.54) is 18.0 Å². The van der Waals surface area contributed by atoms with Gasteiger partial charge in [0.1, 0.15) is 11.6 Å². The minimum Gasteiger partial charge on any atom is -0.326 e. The second-order valence-electron chi connectivity index (χ2n) is 5.04. The molecule has 0 heterocycles. The summed E-state index contributed by atoms with van der Waals surface area (Å²) < 4.78 is 26.2. The number of benzene rings is 1. The molecule has 5 heteroatoms. The molecule has 0 unspecified atom stereocenters. The van der Waals surface area contributed by atoms with Crippen LogP contribution in [-0.2, 0) is 4.79 Å². The zero-order valence-electron chi connectivity index (χ0n) is 10.8. The van der Waals surface area contributed by atoms with Crippen molar-refractivity contribution in [3.05, 3.63) is 29.8 Å². The van der Waals surface area contributed by atoms with Crippen LogP contribution in [0.25, 0.3) is 0 Å². The third-order valence-corrected chi connectivity index (χ3v) is 2.63. The van der Waals surface area contributed by atoms with Crippen molar-refractivity contribution in [2.75, 3.05) is 11.9 Å². The highest BCUT2D eigenvalue weighted by Crippen LogP contribution is 2.20. The summed E-state index contributed by atoms with van der Waals surface area (Å²) in [5, 5.41) is 0. The Morgan fingerprint density at radius 1 is 1.39 bits per heavy atom. The lowest BCUT2D eigenvalue weighted by Crippen LogP contribution is -2.35. The molecule has 0 saturated heterocycles. The van der Waals surface area contributed by atoms with Gasteiger partial charge in [0.2, 0.25) is 5.91 Å². The first-order chi connectivity index (χ1) is 8.20. The van der Waals surface area contributed by atoms with Gasteiger partial charge in [-0.15, -0.1) is 0 Å². The Labute approximate surface area is 106 Å². The molecule has 0 spiro atoms. The molecule has 1 amide bonds. The van der Waals surface area contributed by atoms with Crippen molar-refractivity contribution in [1.29, 1.82) is 0 Å². The van der Waals surface area contributed by atoms with Crippen LogP contribution in [0.4, 0.5) is 14.5 Å². The number of amides is 1. The van der Waals surface area contributed by atoms with Gasteiger partial charge in [-0.3, -0.25) is 4.79 Å². The molecule has 0 aromatic heterocycles. The molecule has 1 aromatic rings. The predicted octanol–water partition coefficient (Wildman–Crippen LogP) is 2.45. The van der Waals surface area contributed by atoms with Gasteiger partial charge in [0.05, 0.1) is 5.69 Å². The van der Waals surface area contributed by atoms with Crippen LogP contribution < -0.4 is 10.6 Å². The maximum Gasteiger partial charge on any atom is 0.226 e. The van der Waals surface area contributed by atoms with Gasteiger partial charge in [-0.1, -0.05) is 0 Å². The zero-order chi connectivity index (χ0) is 13.9. The third kappa shape index (κ3) is 4.07. The van der Waals surface area contributed by atoms with E-state index in [0.717, 1.165) is 12.1 Å². The van der Waals surface area contributed by atoms with Gasteiger partial charge < -0.3 is 10.6 Å². The maximum absolute atomic E-state index is 13.5. The quantitative estimate of drug-likeness (QED) is 0.899. The van der Waals surface area contributed by atoms with E-state index < -0.39 is 17.2 Å². The Hall–Kier alpha value is -1.49. The number of nitrogens with zero attached hydrogens (tertiary/aromatic N) is 1. The van der Waals surface area contributed by atoms with E-state index in [2.05, 4.69) is 0 Å². The van der Waals surface area contributed by atoms with E-state index in [1.807, 2.05) is 13.8 Å². The molecular weight excluding hydrogens is 238 g/mol. The third-order valence-electron chi connectivity index (χ3n) is 2.63. The fraction of sp³-hybridized carbons (Fsp3) is 0.462. The molecule has 0 aliphatic heterocycles. The number of hydrogen-bond donors (Lipinski definition) is 1. The molecule has 0 bridgehead atoms. The van der Waals surface area contributed by atoms with E-state index in [4.69, 9.17) is 5.73 Å². The average molecular weight is 256 g/mol. The summed E-state index contributed by atoms with van der Waals surface area (Å²) in [6.45, 7) is 3.64. The summed E-state index contributed by atoms with van der Waals surface area (Å²) in [7, 11) is 1.46. The topological polar surface area (TPSA) is 46.3 Å². The highest BCUT2D eigenvalue weighted by molar-refractivity contribution is 5.92. The summed E-state index contributed by atoms with van der Waals surface area (Å²) in [5.74, 6) is -1.67. The first-order valence-corrected chi connectivity index (χ1v) is 5.71. The molecule has 100 valence electrons. The van der Waals surface area contributed by atoms with Crippen LogP contribution in [0.1, 0.15) is 26.7 Å². The van der Waals surface area contributed by atoms with Gasteiger partial charge in [0.15, 0.2) is 0 Å². The van der Waals surface area contributed by atoms with Crippen LogP contribution in [-0.4, -0.2) is 18.5 Å². The second kappa shape index (κ2) is 5.44. The van der Waals surface area contributed by atoms with Crippen molar-refractivity contribution in [3.8, 4) is 0 Å². The first-order valence-electron chi connectivity index (χ1n) is 5.71. The number of hydrogen-bond acceptors (Lipinski definition) is 2. The van der Waals surface area contributed by atoms with Gasteiger partial charge in [-0.25, -0.2) is 8.78 Å². The van der Waals surface area contributed by atoms with Crippen LogP contribution in [0.5, 0.6) is 0 Å². The number of carbonyl (C=O) groups excluding carboxylic acids is 1.